The normalized spacial score (nSPS) is 22.6. The maximum absolute atomic E-state index is 12.7. The Morgan fingerprint density at radius 1 is 1.16 bits per heavy atom. The standard InChI is InChI=1S/C16H21N3O5S/c20-15(10-24-16(21)14-9-17-6-7-18-14)19(12-3-1-2-4-12)13-5-8-25(22,23)11-13/h6-7,9,12-13H,1-5,8,10-11H2/t13-/m0/s1. The van der Waals surface area contributed by atoms with Gasteiger partial charge in [0.2, 0.25) is 0 Å². The first-order valence-electron chi connectivity index (χ1n) is 8.41. The highest BCUT2D eigenvalue weighted by Gasteiger charge is 2.39. The zero-order valence-corrected chi connectivity index (χ0v) is 14.7. The quantitative estimate of drug-likeness (QED) is 0.701. The van der Waals surface area contributed by atoms with Crippen molar-refractivity contribution in [1.82, 2.24) is 14.9 Å². The van der Waals surface area contributed by atoms with E-state index in [-0.39, 0.29) is 35.2 Å². The van der Waals surface area contributed by atoms with Crippen LogP contribution in [0.4, 0.5) is 0 Å². The Morgan fingerprint density at radius 2 is 1.92 bits per heavy atom. The molecule has 0 spiro atoms. The summed E-state index contributed by atoms with van der Waals surface area (Å²) in [7, 11) is -3.10. The summed E-state index contributed by atoms with van der Waals surface area (Å²) in [6, 6.07) is -0.295. The molecule has 0 N–H and O–H groups in total. The number of amides is 1. The number of sulfone groups is 1. The molecule has 2 aliphatic rings. The second-order valence-electron chi connectivity index (χ2n) is 6.46. The molecular formula is C16H21N3O5S. The van der Waals surface area contributed by atoms with Crippen LogP contribution in [0.25, 0.3) is 0 Å². The van der Waals surface area contributed by atoms with Crippen LogP contribution in [0.1, 0.15) is 42.6 Å². The Labute approximate surface area is 146 Å². The fraction of sp³-hybridized carbons (Fsp3) is 0.625. The summed E-state index contributed by atoms with van der Waals surface area (Å²) in [5, 5.41) is 0. The highest BCUT2D eigenvalue weighted by molar-refractivity contribution is 7.91. The Kier molecular flexibility index (Phi) is 5.31. The predicted molar refractivity (Wildman–Crippen MR) is 88.5 cm³/mol. The van der Waals surface area contributed by atoms with E-state index in [2.05, 4.69) is 9.97 Å². The Hall–Kier alpha value is -2.03. The second kappa shape index (κ2) is 7.47. The Bertz CT molecular complexity index is 731. The molecule has 1 saturated heterocycles. The van der Waals surface area contributed by atoms with Crippen molar-refractivity contribution in [3.8, 4) is 0 Å². The Balaban J connectivity index is 1.66. The third-order valence-corrected chi connectivity index (χ3v) is 6.46. The minimum atomic E-state index is -3.10. The van der Waals surface area contributed by atoms with Gasteiger partial charge in [0.25, 0.3) is 5.91 Å². The number of carbonyl (C=O) groups is 2. The van der Waals surface area contributed by atoms with Crippen molar-refractivity contribution in [3.63, 3.8) is 0 Å². The number of ether oxygens (including phenoxy) is 1. The molecule has 0 bridgehead atoms. The first kappa shape index (κ1) is 17.8. The van der Waals surface area contributed by atoms with E-state index in [4.69, 9.17) is 4.74 Å². The van der Waals surface area contributed by atoms with E-state index >= 15 is 0 Å². The molecule has 25 heavy (non-hydrogen) atoms. The molecule has 8 nitrogen and oxygen atoms in total. The van der Waals surface area contributed by atoms with Crippen LogP contribution in [0, 0.1) is 0 Å². The number of aromatic nitrogens is 2. The highest BCUT2D eigenvalue weighted by Crippen LogP contribution is 2.29. The monoisotopic (exact) mass is 367 g/mol. The van der Waals surface area contributed by atoms with Crippen LogP contribution in [0.3, 0.4) is 0 Å². The molecule has 2 fully saturated rings. The Morgan fingerprint density at radius 3 is 2.52 bits per heavy atom. The minimum Gasteiger partial charge on any atom is -0.451 e. The van der Waals surface area contributed by atoms with Crippen molar-refractivity contribution < 1.29 is 22.7 Å². The fourth-order valence-electron chi connectivity index (χ4n) is 3.56. The van der Waals surface area contributed by atoms with Crippen LogP contribution in [0.15, 0.2) is 18.6 Å². The molecule has 1 aliphatic heterocycles. The van der Waals surface area contributed by atoms with Crippen molar-refractivity contribution in [3.05, 3.63) is 24.3 Å². The molecular weight excluding hydrogens is 346 g/mol. The highest BCUT2D eigenvalue weighted by atomic mass is 32.2. The van der Waals surface area contributed by atoms with Crippen LogP contribution in [-0.2, 0) is 19.4 Å². The summed E-state index contributed by atoms with van der Waals surface area (Å²) in [5.41, 5.74) is 0.0335. The maximum Gasteiger partial charge on any atom is 0.359 e. The summed E-state index contributed by atoms with van der Waals surface area (Å²) in [4.78, 5) is 33.9. The summed E-state index contributed by atoms with van der Waals surface area (Å²) < 4.78 is 28.7. The molecule has 1 amide bonds. The van der Waals surface area contributed by atoms with Gasteiger partial charge in [-0.2, -0.15) is 0 Å². The summed E-state index contributed by atoms with van der Waals surface area (Å²) in [6.45, 7) is -0.414. The second-order valence-corrected chi connectivity index (χ2v) is 8.69. The lowest BCUT2D eigenvalue weighted by molar-refractivity contribution is -0.139. The van der Waals surface area contributed by atoms with Gasteiger partial charge in [0.15, 0.2) is 22.1 Å². The molecule has 3 rings (SSSR count). The van der Waals surface area contributed by atoms with Crippen molar-refractivity contribution in [2.24, 2.45) is 0 Å². The molecule has 1 aromatic rings. The van der Waals surface area contributed by atoms with Crippen molar-refractivity contribution in [2.45, 2.75) is 44.2 Å². The molecule has 1 saturated carbocycles. The van der Waals surface area contributed by atoms with Gasteiger partial charge in [0.1, 0.15) is 0 Å². The van der Waals surface area contributed by atoms with Gasteiger partial charge in [-0.05, 0) is 19.3 Å². The van der Waals surface area contributed by atoms with Crippen LogP contribution < -0.4 is 0 Å². The SMILES string of the molecule is O=C(OCC(=O)N(C1CCCC1)[C@H]1CCS(=O)(=O)C1)c1cnccn1. The fourth-order valence-corrected chi connectivity index (χ4v) is 5.27. The first-order valence-corrected chi connectivity index (χ1v) is 10.2. The van der Waals surface area contributed by atoms with Crippen molar-refractivity contribution >= 4 is 21.7 Å². The molecule has 9 heteroatoms. The van der Waals surface area contributed by atoms with Gasteiger partial charge in [-0.25, -0.2) is 18.2 Å². The molecule has 0 unspecified atom stereocenters. The topological polar surface area (TPSA) is 107 Å². The smallest absolute Gasteiger partial charge is 0.359 e. The van der Waals surface area contributed by atoms with Crippen molar-refractivity contribution in [2.75, 3.05) is 18.1 Å². The molecule has 136 valence electrons. The number of hydrogen-bond donors (Lipinski definition) is 0. The lowest BCUT2D eigenvalue weighted by Gasteiger charge is -2.33. The van der Waals surface area contributed by atoms with E-state index in [0.29, 0.717) is 6.42 Å². The zero-order valence-electron chi connectivity index (χ0n) is 13.8. The van der Waals surface area contributed by atoms with Crippen molar-refractivity contribution in [1.29, 1.82) is 0 Å². The van der Waals surface area contributed by atoms with Crippen LogP contribution in [0.5, 0.6) is 0 Å². The average molecular weight is 367 g/mol. The number of esters is 1. The molecule has 1 aromatic heterocycles. The number of rotatable bonds is 5. The van der Waals surface area contributed by atoms with Crippen LogP contribution in [0.2, 0.25) is 0 Å². The van der Waals surface area contributed by atoms with E-state index in [9.17, 15) is 18.0 Å². The third-order valence-electron chi connectivity index (χ3n) is 4.71. The summed E-state index contributed by atoms with van der Waals surface area (Å²) in [6.07, 6.45) is 8.28. The van der Waals surface area contributed by atoms with Gasteiger partial charge < -0.3 is 9.64 Å². The van der Waals surface area contributed by atoms with Gasteiger partial charge in [-0.1, -0.05) is 12.8 Å². The predicted octanol–water partition coefficient (Wildman–Crippen LogP) is 0.592. The molecule has 0 radical (unpaired) electrons. The molecule has 2 heterocycles. The van der Waals surface area contributed by atoms with E-state index < -0.39 is 22.4 Å². The lowest BCUT2D eigenvalue weighted by atomic mass is 10.1. The van der Waals surface area contributed by atoms with Crippen LogP contribution in [-0.4, -0.2) is 65.4 Å². The summed E-state index contributed by atoms with van der Waals surface area (Å²) in [5.74, 6) is -0.959. The van der Waals surface area contributed by atoms with Gasteiger partial charge in [-0.3, -0.25) is 9.78 Å². The van der Waals surface area contributed by atoms with Gasteiger partial charge >= 0.3 is 5.97 Å². The first-order chi connectivity index (χ1) is 12.0. The molecule has 1 aliphatic carbocycles. The van der Waals surface area contributed by atoms with Crippen LogP contribution >= 0.6 is 0 Å². The zero-order chi connectivity index (χ0) is 17.9. The number of carbonyl (C=O) groups excluding carboxylic acids is 2. The minimum absolute atomic E-state index is 0.00660. The lowest BCUT2D eigenvalue weighted by Crippen LogP contribution is -2.48. The van der Waals surface area contributed by atoms with E-state index in [1.807, 2.05) is 0 Å². The molecule has 0 aromatic carbocycles. The largest absolute Gasteiger partial charge is 0.451 e. The third kappa shape index (κ3) is 4.33. The van der Waals surface area contributed by atoms with E-state index in [1.165, 1.54) is 18.6 Å². The average Bonchev–Trinajstić information content (AvgIpc) is 3.24. The van der Waals surface area contributed by atoms with Gasteiger partial charge in [0, 0.05) is 24.5 Å². The van der Waals surface area contributed by atoms with E-state index in [1.54, 1.807) is 4.90 Å². The van der Waals surface area contributed by atoms with Gasteiger partial charge in [-0.15, -0.1) is 0 Å². The maximum atomic E-state index is 12.7. The van der Waals surface area contributed by atoms with E-state index in [0.717, 1.165) is 25.7 Å². The number of hydrogen-bond acceptors (Lipinski definition) is 7. The summed E-state index contributed by atoms with van der Waals surface area (Å²) >= 11 is 0. The van der Waals surface area contributed by atoms with Gasteiger partial charge in [0.05, 0.1) is 17.7 Å². The molecule has 1 atom stereocenters. The number of nitrogens with zero attached hydrogens (tertiary/aromatic N) is 3.